The smallest absolute Gasteiger partial charge is 0.255 e. The maximum Gasteiger partial charge on any atom is 0.255 e. The number of benzene rings is 3. The first kappa shape index (κ1) is 23.3. The number of fused-ring (bicyclic) bond motifs is 1. The standard InChI is InChI=1S/C29H28ClN3O2/c1-18-11-21(13-22(30)12-18)26-16-32-27-9-8-20(19-5-3-7-24(34)14-19)15-25(27)28(26)29(35)33(2)17-23-6-4-10-31-23/h3,5,7-9,11-16,23,31,34H,4,6,10,17H2,1-2H3/t23-/m0/s1. The zero-order valence-electron chi connectivity index (χ0n) is 19.9. The number of carbonyl (C=O) groups excluding carboxylic acids is 1. The first-order valence-corrected chi connectivity index (χ1v) is 12.3. The zero-order chi connectivity index (χ0) is 24.5. The summed E-state index contributed by atoms with van der Waals surface area (Å²) in [7, 11) is 1.86. The molecule has 5 rings (SSSR count). The monoisotopic (exact) mass is 485 g/mol. The van der Waals surface area contributed by atoms with Gasteiger partial charge in [0.05, 0.1) is 11.1 Å². The van der Waals surface area contributed by atoms with Crippen LogP contribution in [-0.4, -0.2) is 47.1 Å². The molecule has 1 aliphatic rings. The number of pyridine rings is 1. The Labute approximate surface area is 210 Å². The second-order valence-corrected chi connectivity index (χ2v) is 9.76. The number of nitrogens with one attached hydrogen (secondary N) is 1. The summed E-state index contributed by atoms with van der Waals surface area (Å²) in [4.78, 5) is 20.5. The molecule has 1 atom stereocenters. The van der Waals surface area contributed by atoms with Crippen molar-refractivity contribution in [1.29, 1.82) is 0 Å². The van der Waals surface area contributed by atoms with Gasteiger partial charge >= 0.3 is 0 Å². The average molecular weight is 486 g/mol. The number of amides is 1. The zero-order valence-corrected chi connectivity index (χ0v) is 20.6. The number of aryl methyl sites for hydroxylation is 1. The molecule has 1 fully saturated rings. The number of aromatic nitrogens is 1. The highest BCUT2D eigenvalue weighted by Crippen LogP contribution is 2.35. The van der Waals surface area contributed by atoms with Crippen molar-refractivity contribution < 1.29 is 9.90 Å². The fourth-order valence-electron chi connectivity index (χ4n) is 4.92. The van der Waals surface area contributed by atoms with Gasteiger partial charge in [0.25, 0.3) is 5.91 Å². The van der Waals surface area contributed by atoms with Crippen LogP contribution in [-0.2, 0) is 0 Å². The van der Waals surface area contributed by atoms with Gasteiger partial charge in [0.15, 0.2) is 0 Å². The quantitative estimate of drug-likeness (QED) is 0.360. The number of phenols is 1. The van der Waals surface area contributed by atoms with Crippen LogP contribution in [0.15, 0.2) is 66.9 Å². The Morgan fingerprint density at radius 1 is 1.11 bits per heavy atom. The van der Waals surface area contributed by atoms with Crippen LogP contribution in [0.4, 0.5) is 0 Å². The van der Waals surface area contributed by atoms with Gasteiger partial charge in [-0.1, -0.05) is 35.9 Å². The second kappa shape index (κ2) is 9.68. The summed E-state index contributed by atoms with van der Waals surface area (Å²) < 4.78 is 0. The fourth-order valence-corrected chi connectivity index (χ4v) is 5.21. The van der Waals surface area contributed by atoms with E-state index in [9.17, 15) is 9.90 Å². The maximum absolute atomic E-state index is 14.0. The van der Waals surface area contributed by atoms with Crippen LogP contribution in [0.5, 0.6) is 5.75 Å². The summed E-state index contributed by atoms with van der Waals surface area (Å²) in [5.41, 5.74) is 5.77. The molecule has 6 heteroatoms. The SMILES string of the molecule is Cc1cc(Cl)cc(-c2cnc3ccc(-c4cccc(O)c4)cc3c2C(=O)N(C)C[C@@H]2CCCN2)c1. The van der Waals surface area contributed by atoms with Gasteiger partial charge in [-0.15, -0.1) is 0 Å². The average Bonchev–Trinajstić information content (AvgIpc) is 3.35. The largest absolute Gasteiger partial charge is 0.508 e. The molecule has 0 unspecified atom stereocenters. The van der Waals surface area contributed by atoms with E-state index < -0.39 is 0 Å². The summed E-state index contributed by atoms with van der Waals surface area (Å²) in [5, 5.41) is 14.9. The van der Waals surface area contributed by atoms with E-state index in [2.05, 4.69) is 5.32 Å². The van der Waals surface area contributed by atoms with Gasteiger partial charge in [0.2, 0.25) is 0 Å². The number of likely N-dealkylation sites (N-methyl/N-ethyl adjacent to an activating group) is 1. The van der Waals surface area contributed by atoms with Crippen molar-refractivity contribution in [1.82, 2.24) is 15.2 Å². The highest BCUT2D eigenvalue weighted by molar-refractivity contribution is 6.31. The molecular weight excluding hydrogens is 458 g/mol. The van der Waals surface area contributed by atoms with Crippen molar-refractivity contribution in [2.24, 2.45) is 0 Å². The van der Waals surface area contributed by atoms with Crippen LogP contribution in [0.1, 0.15) is 28.8 Å². The normalized spacial score (nSPS) is 15.5. The molecule has 2 N–H and O–H groups in total. The Bertz CT molecular complexity index is 1390. The number of phenolic OH excluding ortho intramolecular Hbond substituents is 1. The molecule has 0 spiro atoms. The predicted octanol–water partition coefficient (Wildman–Crippen LogP) is 6.06. The number of nitrogens with zero attached hydrogens (tertiary/aromatic N) is 2. The Balaban J connectivity index is 1.69. The summed E-state index contributed by atoms with van der Waals surface area (Å²) in [6.07, 6.45) is 3.97. The number of halogens is 1. The van der Waals surface area contributed by atoms with E-state index in [1.807, 2.05) is 62.5 Å². The lowest BCUT2D eigenvalue weighted by Crippen LogP contribution is -2.38. The first-order valence-electron chi connectivity index (χ1n) is 11.9. The molecule has 0 aliphatic carbocycles. The molecular formula is C29H28ClN3O2. The van der Waals surface area contributed by atoms with E-state index >= 15 is 0 Å². The summed E-state index contributed by atoms with van der Waals surface area (Å²) >= 11 is 6.40. The van der Waals surface area contributed by atoms with E-state index in [-0.39, 0.29) is 11.7 Å². The fraction of sp³-hybridized carbons (Fsp3) is 0.241. The molecule has 0 radical (unpaired) electrons. The van der Waals surface area contributed by atoms with E-state index in [1.165, 1.54) is 0 Å². The van der Waals surface area contributed by atoms with E-state index in [0.29, 0.717) is 23.2 Å². The van der Waals surface area contributed by atoms with Crippen LogP contribution >= 0.6 is 11.6 Å². The number of rotatable bonds is 5. The van der Waals surface area contributed by atoms with Crippen molar-refractivity contribution in [3.05, 3.63) is 83.0 Å². The topological polar surface area (TPSA) is 65.5 Å². The maximum atomic E-state index is 14.0. The lowest BCUT2D eigenvalue weighted by Gasteiger charge is -2.24. The third-order valence-corrected chi connectivity index (χ3v) is 6.84. The summed E-state index contributed by atoms with van der Waals surface area (Å²) in [6.45, 7) is 3.62. The number of carbonyl (C=O) groups is 1. The summed E-state index contributed by atoms with van der Waals surface area (Å²) in [6, 6.07) is 19.1. The molecule has 1 aromatic heterocycles. The number of hydrogen-bond acceptors (Lipinski definition) is 4. The van der Waals surface area contributed by atoms with E-state index in [0.717, 1.165) is 58.1 Å². The van der Waals surface area contributed by atoms with Crippen LogP contribution in [0.2, 0.25) is 5.02 Å². The highest BCUT2D eigenvalue weighted by Gasteiger charge is 2.24. The first-order chi connectivity index (χ1) is 16.9. The van der Waals surface area contributed by atoms with Crippen molar-refractivity contribution in [2.45, 2.75) is 25.8 Å². The van der Waals surface area contributed by atoms with Gasteiger partial charge < -0.3 is 15.3 Å². The Morgan fingerprint density at radius 2 is 1.94 bits per heavy atom. The third kappa shape index (κ3) is 4.88. The van der Waals surface area contributed by atoms with Gasteiger partial charge in [0, 0.05) is 41.8 Å². The van der Waals surface area contributed by atoms with Gasteiger partial charge in [-0.05, 0) is 85.0 Å². The van der Waals surface area contributed by atoms with Gasteiger partial charge in [0.1, 0.15) is 5.75 Å². The third-order valence-electron chi connectivity index (χ3n) is 6.62. The minimum atomic E-state index is -0.0493. The van der Waals surface area contributed by atoms with Crippen LogP contribution < -0.4 is 5.32 Å². The van der Waals surface area contributed by atoms with E-state index in [4.69, 9.17) is 16.6 Å². The lowest BCUT2D eigenvalue weighted by atomic mass is 9.93. The van der Waals surface area contributed by atoms with Crippen LogP contribution in [0.3, 0.4) is 0 Å². The second-order valence-electron chi connectivity index (χ2n) is 9.33. The lowest BCUT2D eigenvalue weighted by molar-refractivity contribution is 0.0786. The minimum Gasteiger partial charge on any atom is -0.508 e. The molecule has 35 heavy (non-hydrogen) atoms. The Hall–Kier alpha value is -3.41. The molecule has 178 valence electrons. The number of hydrogen-bond donors (Lipinski definition) is 2. The Morgan fingerprint density at radius 3 is 2.69 bits per heavy atom. The van der Waals surface area contributed by atoms with Crippen molar-refractivity contribution in [2.75, 3.05) is 20.1 Å². The van der Waals surface area contributed by atoms with E-state index in [1.54, 1.807) is 23.2 Å². The molecule has 1 amide bonds. The molecule has 4 aromatic rings. The van der Waals surface area contributed by atoms with Crippen LogP contribution in [0.25, 0.3) is 33.2 Å². The van der Waals surface area contributed by atoms with Crippen molar-refractivity contribution in [3.8, 4) is 28.0 Å². The molecule has 5 nitrogen and oxygen atoms in total. The number of aromatic hydroxyl groups is 1. The van der Waals surface area contributed by atoms with Gasteiger partial charge in [-0.3, -0.25) is 9.78 Å². The predicted molar refractivity (Wildman–Crippen MR) is 142 cm³/mol. The highest BCUT2D eigenvalue weighted by atomic mass is 35.5. The van der Waals surface area contributed by atoms with Crippen molar-refractivity contribution >= 4 is 28.4 Å². The molecule has 2 heterocycles. The molecule has 0 bridgehead atoms. The van der Waals surface area contributed by atoms with Gasteiger partial charge in [-0.25, -0.2) is 0 Å². The minimum absolute atomic E-state index is 0.0493. The molecule has 1 aliphatic heterocycles. The van der Waals surface area contributed by atoms with Crippen molar-refractivity contribution in [3.63, 3.8) is 0 Å². The molecule has 0 saturated carbocycles. The molecule has 1 saturated heterocycles. The van der Waals surface area contributed by atoms with Gasteiger partial charge in [-0.2, -0.15) is 0 Å². The summed E-state index contributed by atoms with van der Waals surface area (Å²) in [5.74, 6) is 0.149. The molecule has 3 aromatic carbocycles. The Kier molecular flexibility index (Phi) is 6.46. The van der Waals surface area contributed by atoms with Crippen LogP contribution in [0, 0.1) is 6.92 Å².